The number of benzene rings is 1. The number of hydrogen-bond donors (Lipinski definition) is 0. The van der Waals surface area contributed by atoms with E-state index in [1.165, 1.54) is 0 Å². The van der Waals surface area contributed by atoms with Gasteiger partial charge in [-0.05, 0) is 0 Å². The van der Waals surface area contributed by atoms with Crippen molar-refractivity contribution in [3.8, 4) is 0 Å². The molecule has 0 unspecified atom stereocenters. The van der Waals surface area contributed by atoms with Crippen LogP contribution < -0.4 is 4.46 Å². The fourth-order valence-electron chi connectivity index (χ4n) is 0.997. The Morgan fingerprint density at radius 1 is 1.40 bits per heavy atom. The van der Waals surface area contributed by atoms with Crippen molar-refractivity contribution in [1.29, 1.82) is 0 Å². The van der Waals surface area contributed by atoms with Crippen molar-refractivity contribution < 1.29 is 9.53 Å². The Morgan fingerprint density at radius 2 is 2.13 bits per heavy atom. The maximum absolute atomic E-state index is 11.4. The molecule has 0 aliphatic carbocycles. The van der Waals surface area contributed by atoms with E-state index in [-0.39, 0.29) is 19.8 Å². The Labute approximate surface area is 96.5 Å². The molecule has 0 radical (unpaired) electrons. The van der Waals surface area contributed by atoms with Gasteiger partial charge in [0.1, 0.15) is 0 Å². The molecular weight excluding hydrogens is 255 g/mol. The minimum atomic E-state index is -0.213. The van der Waals surface area contributed by atoms with E-state index >= 15 is 0 Å². The molecule has 1 aromatic rings. The number of carbonyl (C=O) groups is 1. The van der Waals surface area contributed by atoms with Crippen LogP contribution in [0.2, 0.25) is 0 Å². The minimum absolute atomic E-state index is 0.0993. The van der Waals surface area contributed by atoms with Crippen LogP contribution in [0.4, 0.5) is 4.79 Å². The van der Waals surface area contributed by atoms with E-state index < -0.39 is 0 Å². The molecule has 0 heterocycles. The van der Waals surface area contributed by atoms with Crippen LogP contribution in [0, 0.1) is 0 Å². The Kier molecular flexibility index (Phi) is 5.83. The molecule has 15 heavy (non-hydrogen) atoms. The summed E-state index contributed by atoms with van der Waals surface area (Å²) >= 11 is -0.213. The zero-order valence-corrected chi connectivity index (χ0v) is 10.2. The molecule has 1 aromatic carbocycles. The second-order valence-corrected chi connectivity index (χ2v) is 5.06. The molecule has 80 valence electrons. The van der Waals surface area contributed by atoms with Gasteiger partial charge in [0, 0.05) is 0 Å². The topological polar surface area (TPSA) is 26.3 Å². The second kappa shape index (κ2) is 7.27. The third-order valence-electron chi connectivity index (χ3n) is 1.72. The van der Waals surface area contributed by atoms with Gasteiger partial charge in [-0.15, -0.1) is 0 Å². The van der Waals surface area contributed by atoms with Gasteiger partial charge in [0.05, 0.1) is 0 Å². The summed E-state index contributed by atoms with van der Waals surface area (Å²) in [5.41, 5.74) is 0. The van der Waals surface area contributed by atoms with Crippen LogP contribution in [0.1, 0.15) is 12.8 Å². The van der Waals surface area contributed by atoms with Crippen molar-refractivity contribution in [2.45, 2.75) is 12.8 Å². The van der Waals surface area contributed by atoms with Crippen LogP contribution in [0.5, 0.6) is 0 Å². The molecule has 0 saturated carbocycles. The van der Waals surface area contributed by atoms with Crippen molar-refractivity contribution in [2.75, 3.05) is 6.61 Å². The Morgan fingerprint density at radius 3 is 2.80 bits per heavy atom. The molecule has 0 aromatic heterocycles. The molecular formula is C12H14O2Se. The molecule has 0 aliphatic heterocycles. The fraction of sp³-hybridized carbons (Fsp3) is 0.250. The molecule has 0 fully saturated rings. The molecule has 0 aliphatic rings. The monoisotopic (exact) mass is 270 g/mol. The normalized spacial score (nSPS) is 9.60. The molecule has 2 nitrogen and oxygen atoms in total. The summed E-state index contributed by atoms with van der Waals surface area (Å²) in [4.78, 5) is 11.3. The first-order chi connectivity index (χ1) is 7.33. The van der Waals surface area contributed by atoms with Crippen LogP contribution in [-0.2, 0) is 4.74 Å². The average molecular weight is 269 g/mol. The van der Waals surface area contributed by atoms with E-state index in [0.717, 1.165) is 17.3 Å². The molecule has 0 atom stereocenters. The summed E-state index contributed by atoms with van der Waals surface area (Å²) < 4.78 is 6.14. The van der Waals surface area contributed by atoms with Gasteiger partial charge in [-0.3, -0.25) is 0 Å². The molecule has 0 bridgehead atoms. The molecule has 1 rings (SSSR count). The summed E-state index contributed by atoms with van der Waals surface area (Å²) in [5.74, 6) is 0. The van der Waals surface area contributed by atoms with E-state index in [2.05, 4.69) is 6.58 Å². The predicted octanol–water partition coefficient (Wildman–Crippen LogP) is 2.12. The number of rotatable bonds is 6. The van der Waals surface area contributed by atoms with Gasteiger partial charge in [0.25, 0.3) is 0 Å². The third kappa shape index (κ3) is 5.40. The van der Waals surface area contributed by atoms with Crippen molar-refractivity contribution in [1.82, 2.24) is 0 Å². The van der Waals surface area contributed by atoms with E-state index in [1.807, 2.05) is 36.4 Å². The second-order valence-electron chi connectivity index (χ2n) is 2.94. The average Bonchev–Trinajstić information content (AvgIpc) is 2.26. The number of allylic oxidation sites excluding steroid dienone is 1. The van der Waals surface area contributed by atoms with Gasteiger partial charge in [-0.25, -0.2) is 0 Å². The first kappa shape index (κ1) is 12.0. The molecule has 0 saturated heterocycles. The van der Waals surface area contributed by atoms with Gasteiger partial charge in [0.15, 0.2) is 0 Å². The van der Waals surface area contributed by atoms with Gasteiger partial charge < -0.3 is 0 Å². The van der Waals surface area contributed by atoms with Gasteiger partial charge >= 0.3 is 96.3 Å². The van der Waals surface area contributed by atoms with Crippen molar-refractivity contribution >= 4 is 24.3 Å². The number of carbonyl (C=O) groups excluding carboxylic acids is 1. The first-order valence-corrected chi connectivity index (χ1v) is 6.55. The van der Waals surface area contributed by atoms with E-state index in [0.29, 0.717) is 6.61 Å². The predicted molar refractivity (Wildman–Crippen MR) is 62.6 cm³/mol. The number of ether oxygens (including phenoxy) is 1. The quantitative estimate of drug-likeness (QED) is 0.449. The first-order valence-electron chi connectivity index (χ1n) is 4.83. The molecule has 0 N–H and O–H groups in total. The zero-order chi connectivity index (χ0) is 10.9. The maximum atomic E-state index is 11.4. The third-order valence-corrected chi connectivity index (χ3v) is 3.38. The van der Waals surface area contributed by atoms with Gasteiger partial charge in [0.2, 0.25) is 0 Å². The van der Waals surface area contributed by atoms with Gasteiger partial charge in [-0.1, -0.05) is 0 Å². The summed E-state index contributed by atoms with van der Waals surface area (Å²) in [5, 5.41) is 0. The van der Waals surface area contributed by atoms with E-state index in [4.69, 9.17) is 4.74 Å². The summed E-state index contributed by atoms with van der Waals surface area (Å²) in [6.07, 6.45) is 3.59. The summed E-state index contributed by atoms with van der Waals surface area (Å²) in [7, 11) is 0. The van der Waals surface area contributed by atoms with E-state index in [9.17, 15) is 4.79 Å². The van der Waals surface area contributed by atoms with Crippen molar-refractivity contribution in [3.05, 3.63) is 43.0 Å². The number of hydrogen-bond acceptors (Lipinski definition) is 2. The number of unbranched alkanes of at least 4 members (excludes halogenated alkanes) is 1. The standard InChI is InChI=1S/C12H14O2Se/c1-2-3-7-10-14-12(13)15-11-8-5-4-6-9-11/h2,4-6,8-9H,1,3,7,10H2. The summed E-state index contributed by atoms with van der Waals surface area (Å²) in [6, 6.07) is 9.70. The Bertz CT molecular complexity index is 309. The fourth-order valence-corrected chi connectivity index (χ4v) is 2.31. The summed E-state index contributed by atoms with van der Waals surface area (Å²) in [6.45, 7) is 4.11. The van der Waals surface area contributed by atoms with Crippen LogP contribution in [0.3, 0.4) is 0 Å². The Hall–Kier alpha value is -1.05. The molecule has 0 spiro atoms. The van der Waals surface area contributed by atoms with Crippen LogP contribution in [0.15, 0.2) is 43.0 Å². The van der Waals surface area contributed by atoms with Gasteiger partial charge in [-0.2, -0.15) is 0 Å². The molecule has 0 amide bonds. The van der Waals surface area contributed by atoms with E-state index in [1.54, 1.807) is 0 Å². The van der Waals surface area contributed by atoms with Crippen molar-refractivity contribution in [3.63, 3.8) is 0 Å². The van der Waals surface area contributed by atoms with Crippen LogP contribution in [-0.4, -0.2) is 26.4 Å². The zero-order valence-electron chi connectivity index (χ0n) is 8.52. The SMILES string of the molecule is C=CCCCOC(=O)[Se]c1ccccc1. The van der Waals surface area contributed by atoms with Crippen LogP contribution >= 0.6 is 0 Å². The van der Waals surface area contributed by atoms with Crippen LogP contribution in [0.25, 0.3) is 0 Å². The molecule has 3 heteroatoms. The Balaban J connectivity index is 2.22. The van der Waals surface area contributed by atoms with Crippen molar-refractivity contribution in [2.24, 2.45) is 0 Å².